The van der Waals surface area contributed by atoms with Crippen LogP contribution in [0.15, 0.2) is 24.3 Å². The average molecular weight is 292 g/mol. The number of carbonyl (C=O) groups is 1. The highest BCUT2D eigenvalue weighted by atomic mass is 16.6. The number of urea groups is 1. The highest BCUT2D eigenvalue weighted by Crippen LogP contribution is 2.23. The number of anilines is 1. The molecule has 1 aromatic carbocycles. The van der Waals surface area contributed by atoms with Gasteiger partial charge in [0.05, 0.1) is 4.92 Å². The van der Waals surface area contributed by atoms with Gasteiger partial charge in [0, 0.05) is 37.0 Å². The lowest BCUT2D eigenvalue weighted by molar-refractivity contribution is -0.384. The lowest BCUT2D eigenvalue weighted by Crippen LogP contribution is -2.50. The molecule has 0 spiro atoms. The standard InChI is InChI=1S/C14H20N4O3/c1-10-6-7-17(13(8-10)9-15)14(19)16-11-2-4-12(5-3-11)18(20)21/h2-5,10,13H,6-9,15H2,1H3,(H,16,19). The molecule has 2 rings (SSSR count). The predicted molar refractivity (Wildman–Crippen MR) is 80.1 cm³/mol. The van der Waals surface area contributed by atoms with Crippen molar-refractivity contribution in [3.63, 3.8) is 0 Å². The largest absolute Gasteiger partial charge is 0.328 e. The van der Waals surface area contributed by atoms with E-state index in [1.165, 1.54) is 24.3 Å². The molecule has 0 aliphatic carbocycles. The van der Waals surface area contributed by atoms with Crippen LogP contribution in [0.1, 0.15) is 19.8 Å². The molecule has 1 aromatic rings. The quantitative estimate of drug-likeness (QED) is 0.658. The monoisotopic (exact) mass is 292 g/mol. The molecular weight excluding hydrogens is 272 g/mol. The number of non-ortho nitro benzene ring substituents is 1. The number of hydrogen-bond donors (Lipinski definition) is 2. The molecule has 1 saturated heterocycles. The van der Waals surface area contributed by atoms with E-state index in [1.54, 1.807) is 4.90 Å². The van der Waals surface area contributed by atoms with E-state index in [1.807, 2.05) is 0 Å². The Morgan fingerprint density at radius 1 is 1.48 bits per heavy atom. The highest BCUT2D eigenvalue weighted by Gasteiger charge is 2.28. The summed E-state index contributed by atoms with van der Waals surface area (Å²) in [5, 5.41) is 13.4. The lowest BCUT2D eigenvalue weighted by Gasteiger charge is -2.37. The first kappa shape index (κ1) is 15.2. The van der Waals surface area contributed by atoms with Crippen molar-refractivity contribution in [1.29, 1.82) is 0 Å². The Morgan fingerprint density at radius 3 is 2.71 bits per heavy atom. The van der Waals surface area contributed by atoms with Gasteiger partial charge in [0.2, 0.25) is 0 Å². The fraction of sp³-hybridized carbons (Fsp3) is 0.500. The topological polar surface area (TPSA) is 102 Å². The summed E-state index contributed by atoms with van der Waals surface area (Å²) < 4.78 is 0. The fourth-order valence-corrected chi connectivity index (χ4v) is 2.60. The number of piperidine rings is 1. The summed E-state index contributed by atoms with van der Waals surface area (Å²) in [6.45, 7) is 3.29. The molecular formula is C14H20N4O3. The van der Waals surface area contributed by atoms with Gasteiger partial charge in [0.1, 0.15) is 0 Å². The zero-order chi connectivity index (χ0) is 15.4. The van der Waals surface area contributed by atoms with E-state index in [9.17, 15) is 14.9 Å². The van der Waals surface area contributed by atoms with Gasteiger partial charge in [-0.3, -0.25) is 10.1 Å². The minimum atomic E-state index is -0.470. The van der Waals surface area contributed by atoms with Crippen LogP contribution >= 0.6 is 0 Å². The summed E-state index contributed by atoms with van der Waals surface area (Å²) in [4.78, 5) is 24.2. The second kappa shape index (κ2) is 6.53. The molecule has 1 heterocycles. The van der Waals surface area contributed by atoms with Gasteiger partial charge in [-0.05, 0) is 30.9 Å². The molecule has 0 aromatic heterocycles. The Morgan fingerprint density at radius 2 is 2.14 bits per heavy atom. The fourth-order valence-electron chi connectivity index (χ4n) is 2.60. The molecule has 1 aliphatic heterocycles. The minimum Gasteiger partial charge on any atom is -0.328 e. The van der Waals surface area contributed by atoms with E-state index in [-0.39, 0.29) is 17.8 Å². The summed E-state index contributed by atoms with van der Waals surface area (Å²) >= 11 is 0. The predicted octanol–water partition coefficient (Wildman–Crippen LogP) is 2.19. The van der Waals surface area contributed by atoms with Gasteiger partial charge in [0.15, 0.2) is 0 Å². The van der Waals surface area contributed by atoms with Crippen LogP contribution in [0, 0.1) is 16.0 Å². The number of rotatable bonds is 3. The maximum absolute atomic E-state index is 12.3. The van der Waals surface area contributed by atoms with E-state index in [2.05, 4.69) is 12.2 Å². The first-order valence-electron chi connectivity index (χ1n) is 7.03. The number of nitrogens with two attached hydrogens (primary N) is 1. The summed E-state index contributed by atoms with van der Waals surface area (Å²) in [5.41, 5.74) is 6.28. The highest BCUT2D eigenvalue weighted by molar-refractivity contribution is 5.89. The van der Waals surface area contributed by atoms with Gasteiger partial charge in [-0.25, -0.2) is 4.79 Å². The second-order valence-corrected chi connectivity index (χ2v) is 5.45. The smallest absolute Gasteiger partial charge is 0.322 e. The number of nitro groups is 1. The van der Waals surface area contributed by atoms with E-state index < -0.39 is 4.92 Å². The summed E-state index contributed by atoms with van der Waals surface area (Å²) in [5.74, 6) is 0.571. The Bertz CT molecular complexity index is 517. The average Bonchev–Trinajstić information content (AvgIpc) is 2.47. The van der Waals surface area contributed by atoms with Crippen LogP contribution in [-0.4, -0.2) is 35.0 Å². The lowest BCUT2D eigenvalue weighted by atomic mass is 9.93. The molecule has 7 heteroatoms. The minimum absolute atomic E-state index is 0.000342. The normalized spacial score (nSPS) is 21.9. The summed E-state index contributed by atoms with van der Waals surface area (Å²) in [6, 6.07) is 5.64. The summed E-state index contributed by atoms with van der Waals surface area (Å²) in [7, 11) is 0. The Hall–Kier alpha value is -2.15. The van der Waals surface area contributed by atoms with Gasteiger partial charge in [0.25, 0.3) is 5.69 Å². The SMILES string of the molecule is CC1CCN(C(=O)Nc2ccc([N+](=O)[O-])cc2)C(CN)C1. The zero-order valence-corrected chi connectivity index (χ0v) is 12.0. The van der Waals surface area contributed by atoms with Crippen molar-refractivity contribution in [1.82, 2.24) is 4.90 Å². The third-order valence-corrected chi connectivity index (χ3v) is 3.84. The Kier molecular flexibility index (Phi) is 4.74. The van der Waals surface area contributed by atoms with Gasteiger partial charge >= 0.3 is 6.03 Å². The Balaban J connectivity index is 2.01. The third-order valence-electron chi connectivity index (χ3n) is 3.84. The van der Waals surface area contributed by atoms with Crippen LogP contribution in [0.3, 0.4) is 0 Å². The zero-order valence-electron chi connectivity index (χ0n) is 12.0. The van der Waals surface area contributed by atoms with Gasteiger partial charge in [-0.2, -0.15) is 0 Å². The van der Waals surface area contributed by atoms with Crippen molar-refractivity contribution >= 4 is 17.4 Å². The summed E-state index contributed by atoms with van der Waals surface area (Å²) in [6.07, 6.45) is 1.87. The number of benzene rings is 1. The molecule has 1 aliphatic rings. The van der Waals surface area contributed by atoms with Gasteiger partial charge < -0.3 is 16.0 Å². The number of amides is 2. The van der Waals surface area contributed by atoms with Crippen LogP contribution in [0.25, 0.3) is 0 Å². The first-order chi connectivity index (χ1) is 10.0. The van der Waals surface area contributed by atoms with Crippen LogP contribution in [0.2, 0.25) is 0 Å². The number of nitro benzene ring substituents is 1. The van der Waals surface area contributed by atoms with E-state index in [4.69, 9.17) is 5.73 Å². The molecule has 2 amide bonds. The maximum atomic E-state index is 12.3. The van der Waals surface area contributed by atoms with E-state index in [0.29, 0.717) is 24.7 Å². The number of likely N-dealkylation sites (tertiary alicyclic amines) is 1. The molecule has 1 fully saturated rings. The molecule has 114 valence electrons. The molecule has 21 heavy (non-hydrogen) atoms. The molecule has 0 radical (unpaired) electrons. The van der Waals surface area contributed by atoms with E-state index in [0.717, 1.165) is 12.8 Å². The van der Waals surface area contributed by atoms with Crippen LogP contribution in [0.5, 0.6) is 0 Å². The van der Waals surface area contributed by atoms with Crippen molar-refractivity contribution in [2.24, 2.45) is 11.7 Å². The molecule has 2 atom stereocenters. The van der Waals surface area contributed by atoms with Gasteiger partial charge in [-0.15, -0.1) is 0 Å². The van der Waals surface area contributed by atoms with Crippen molar-refractivity contribution in [3.8, 4) is 0 Å². The van der Waals surface area contributed by atoms with E-state index >= 15 is 0 Å². The first-order valence-corrected chi connectivity index (χ1v) is 7.03. The van der Waals surface area contributed by atoms with Gasteiger partial charge in [-0.1, -0.05) is 6.92 Å². The Labute approximate surface area is 123 Å². The van der Waals surface area contributed by atoms with Crippen LogP contribution < -0.4 is 11.1 Å². The molecule has 2 unspecified atom stereocenters. The van der Waals surface area contributed by atoms with Crippen LogP contribution in [-0.2, 0) is 0 Å². The van der Waals surface area contributed by atoms with Crippen molar-refractivity contribution in [2.75, 3.05) is 18.4 Å². The molecule has 0 bridgehead atoms. The van der Waals surface area contributed by atoms with Crippen molar-refractivity contribution < 1.29 is 9.72 Å². The third kappa shape index (κ3) is 3.69. The molecule has 3 N–H and O–H groups in total. The van der Waals surface area contributed by atoms with Crippen molar-refractivity contribution in [2.45, 2.75) is 25.8 Å². The molecule has 7 nitrogen and oxygen atoms in total. The second-order valence-electron chi connectivity index (χ2n) is 5.45. The number of nitrogens with one attached hydrogen (secondary N) is 1. The van der Waals surface area contributed by atoms with Crippen LogP contribution in [0.4, 0.5) is 16.2 Å². The molecule has 0 saturated carbocycles. The number of carbonyl (C=O) groups excluding carboxylic acids is 1. The maximum Gasteiger partial charge on any atom is 0.322 e. The number of nitrogens with zero attached hydrogens (tertiary/aromatic N) is 2. The van der Waals surface area contributed by atoms with Crippen molar-refractivity contribution in [3.05, 3.63) is 34.4 Å². The number of hydrogen-bond acceptors (Lipinski definition) is 4.